The van der Waals surface area contributed by atoms with Gasteiger partial charge >= 0.3 is 0 Å². The summed E-state index contributed by atoms with van der Waals surface area (Å²) in [5, 5.41) is 0.599. The lowest BCUT2D eigenvalue weighted by molar-refractivity contribution is 0.306. The lowest BCUT2D eigenvalue weighted by Gasteiger charge is -2.10. The van der Waals surface area contributed by atoms with Crippen LogP contribution in [0.25, 0.3) is 0 Å². The first-order valence-electron chi connectivity index (χ1n) is 6.66. The van der Waals surface area contributed by atoms with Crippen LogP contribution in [0, 0.1) is 0 Å². The highest BCUT2D eigenvalue weighted by atomic mass is 35.5. The number of hydrogen-bond acceptors (Lipinski definition) is 1. The molecule has 0 aromatic heterocycles. The zero-order valence-corrected chi connectivity index (χ0v) is 13.2. The third-order valence-electron chi connectivity index (χ3n) is 3.19. The van der Waals surface area contributed by atoms with Gasteiger partial charge in [0.1, 0.15) is 12.4 Å². The largest absolute Gasteiger partial charge is 0.487 e. The van der Waals surface area contributed by atoms with E-state index in [1.165, 1.54) is 5.56 Å². The van der Waals surface area contributed by atoms with Crippen LogP contribution in [0.15, 0.2) is 42.5 Å². The van der Waals surface area contributed by atoms with Gasteiger partial charge in [0, 0.05) is 5.88 Å². The third kappa shape index (κ3) is 3.91. The molecule has 0 N–H and O–H groups in total. The molecule has 106 valence electrons. The van der Waals surface area contributed by atoms with Gasteiger partial charge in [-0.05, 0) is 34.7 Å². The van der Waals surface area contributed by atoms with E-state index in [0.29, 0.717) is 29.2 Å². The molecular weight excluding hydrogens is 291 g/mol. The first-order chi connectivity index (χ1) is 9.60. The van der Waals surface area contributed by atoms with Crippen LogP contribution in [0.3, 0.4) is 0 Å². The summed E-state index contributed by atoms with van der Waals surface area (Å²) in [5.41, 5.74) is 3.45. The van der Waals surface area contributed by atoms with E-state index in [4.69, 9.17) is 27.9 Å². The molecule has 0 atom stereocenters. The van der Waals surface area contributed by atoms with Crippen molar-refractivity contribution in [3.8, 4) is 5.75 Å². The van der Waals surface area contributed by atoms with E-state index in [2.05, 4.69) is 38.1 Å². The van der Waals surface area contributed by atoms with Gasteiger partial charge in [0.25, 0.3) is 0 Å². The minimum atomic E-state index is 0.455. The Morgan fingerprint density at radius 3 is 2.20 bits per heavy atom. The van der Waals surface area contributed by atoms with E-state index < -0.39 is 0 Å². The summed E-state index contributed by atoms with van der Waals surface area (Å²) in [4.78, 5) is 0. The van der Waals surface area contributed by atoms with Gasteiger partial charge in [0.05, 0.1) is 5.02 Å². The lowest BCUT2D eigenvalue weighted by atomic mass is 10.0. The normalized spacial score (nSPS) is 10.8. The second-order valence-corrected chi connectivity index (χ2v) is 5.76. The van der Waals surface area contributed by atoms with Crippen molar-refractivity contribution in [1.29, 1.82) is 0 Å². The van der Waals surface area contributed by atoms with Gasteiger partial charge in [0.2, 0.25) is 0 Å². The lowest BCUT2D eigenvalue weighted by Crippen LogP contribution is -1.97. The van der Waals surface area contributed by atoms with Gasteiger partial charge in [0.15, 0.2) is 0 Å². The molecule has 0 fully saturated rings. The maximum Gasteiger partial charge on any atom is 0.138 e. The molecule has 2 aromatic rings. The van der Waals surface area contributed by atoms with E-state index in [1.807, 2.05) is 18.2 Å². The maximum atomic E-state index is 6.16. The van der Waals surface area contributed by atoms with Crippen molar-refractivity contribution in [2.24, 2.45) is 0 Å². The summed E-state index contributed by atoms with van der Waals surface area (Å²) in [5.74, 6) is 1.69. The Balaban J connectivity index is 2.01. The minimum absolute atomic E-state index is 0.455. The number of rotatable bonds is 5. The fraction of sp³-hybridized carbons (Fsp3) is 0.294. The molecule has 0 saturated heterocycles. The van der Waals surface area contributed by atoms with Crippen LogP contribution in [-0.4, -0.2) is 0 Å². The summed E-state index contributed by atoms with van der Waals surface area (Å²) in [7, 11) is 0. The number of halogens is 2. The Hall–Kier alpha value is -1.18. The molecule has 0 aliphatic heterocycles. The van der Waals surface area contributed by atoms with Crippen molar-refractivity contribution in [3.05, 3.63) is 64.2 Å². The first-order valence-corrected chi connectivity index (χ1v) is 7.57. The van der Waals surface area contributed by atoms with E-state index in [1.54, 1.807) is 0 Å². The highest BCUT2D eigenvalue weighted by Crippen LogP contribution is 2.27. The molecule has 0 spiro atoms. The molecule has 0 bridgehead atoms. The van der Waals surface area contributed by atoms with Gasteiger partial charge < -0.3 is 4.74 Å². The molecule has 0 unspecified atom stereocenters. The summed E-state index contributed by atoms with van der Waals surface area (Å²) in [6, 6.07) is 14.1. The zero-order valence-electron chi connectivity index (χ0n) is 11.7. The molecule has 0 saturated carbocycles. The van der Waals surface area contributed by atoms with Crippen LogP contribution in [-0.2, 0) is 12.5 Å². The monoisotopic (exact) mass is 308 g/mol. The Morgan fingerprint density at radius 2 is 1.65 bits per heavy atom. The first kappa shape index (κ1) is 15.2. The van der Waals surface area contributed by atoms with Gasteiger partial charge in [-0.25, -0.2) is 0 Å². The van der Waals surface area contributed by atoms with E-state index in [9.17, 15) is 0 Å². The average Bonchev–Trinajstić information content (AvgIpc) is 2.46. The van der Waals surface area contributed by atoms with Crippen LogP contribution in [0.5, 0.6) is 5.75 Å². The smallest absolute Gasteiger partial charge is 0.138 e. The van der Waals surface area contributed by atoms with Gasteiger partial charge in [-0.2, -0.15) is 0 Å². The number of alkyl halides is 1. The topological polar surface area (TPSA) is 9.23 Å². The summed E-state index contributed by atoms with van der Waals surface area (Å²) in [6.45, 7) is 4.88. The van der Waals surface area contributed by atoms with Crippen molar-refractivity contribution >= 4 is 23.2 Å². The third-order valence-corrected chi connectivity index (χ3v) is 3.80. The van der Waals surface area contributed by atoms with Gasteiger partial charge in [-0.3, -0.25) is 0 Å². The highest BCUT2D eigenvalue weighted by Gasteiger charge is 2.04. The number of hydrogen-bond donors (Lipinski definition) is 0. The molecule has 1 nitrogen and oxygen atoms in total. The zero-order chi connectivity index (χ0) is 14.5. The van der Waals surface area contributed by atoms with E-state index in [0.717, 1.165) is 11.1 Å². The van der Waals surface area contributed by atoms with Crippen molar-refractivity contribution in [2.45, 2.75) is 32.3 Å². The molecule has 0 radical (unpaired) electrons. The standard InChI is InChI=1S/C17H18Cl2O/c1-12(2)15-6-3-13(4-7-15)11-20-17-8-5-14(10-18)9-16(17)19/h3-9,12H,10-11H2,1-2H3. The minimum Gasteiger partial charge on any atom is -0.487 e. The Bertz CT molecular complexity index is 562. The van der Waals surface area contributed by atoms with Crippen molar-refractivity contribution in [3.63, 3.8) is 0 Å². The molecule has 2 aromatic carbocycles. The SMILES string of the molecule is CC(C)c1ccc(COc2ccc(CCl)cc2Cl)cc1. The van der Waals surface area contributed by atoms with Crippen LogP contribution < -0.4 is 4.74 Å². The molecule has 2 rings (SSSR count). The predicted molar refractivity (Wildman–Crippen MR) is 85.9 cm³/mol. The average molecular weight is 309 g/mol. The second kappa shape index (κ2) is 7.01. The molecule has 3 heteroatoms. The fourth-order valence-corrected chi connectivity index (χ4v) is 2.33. The quantitative estimate of drug-likeness (QED) is 0.636. The van der Waals surface area contributed by atoms with Crippen LogP contribution in [0.1, 0.15) is 36.5 Å². The molecule has 0 amide bonds. The van der Waals surface area contributed by atoms with Crippen LogP contribution in [0.2, 0.25) is 5.02 Å². The molecule has 0 aliphatic carbocycles. The van der Waals surface area contributed by atoms with E-state index in [-0.39, 0.29) is 0 Å². The van der Waals surface area contributed by atoms with Crippen molar-refractivity contribution in [1.82, 2.24) is 0 Å². The van der Waals surface area contributed by atoms with Gasteiger partial charge in [-0.1, -0.05) is 55.8 Å². The van der Waals surface area contributed by atoms with Crippen LogP contribution in [0.4, 0.5) is 0 Å². The summed E-state index contributed by atoms with van der Waals surface area (Å²) in [6.07, 6.45) is 0. The molecule has 0 aliphatic rings. The number of ether oxygens (including phenoxy) is 1. The Labute approximate surface area is 130 Å². The van der Waals surface area contributed by atoms with Crippen molar-refractivity contribution < 1.29 is 4.74 Å². The summed E-state index contributed by atoms with van der Waals surface area (Å²) < 4.78 is 5.75. The van der Waals surface area contributed by atoms with Crippen LogP contribution >= 0.6 is 23.2 Å². The molecular formula is C17H18Cl2O. The summed E-state index contributed by atoms with van der Waals surface area (Å²) >= 11 is 11.9. The van der Waals surface area contributed by atoms with Gasteiger partial charge in [-0.15, -0.1) is 11.6 Å². The fourth-order valence-electron chi connectivity index (χ4n) is 1.90. The highest BCUT2D eigenvalue weighted by molar-refractivity contribution is 6.32. The second-order valence-electron chi connectivity index (χ2n) is 5.08. The predicted octanol–water partition coefficient (Wildman–Crippen LogP) is 5.78. The molecule has 20 heavy (non-hydrogen) atoms. The maximum absolute atomic E-state index is 6.16. The Kier molecular flexibility index (Phi) is 5.33. The van der Waals surface area contributed by atoms with E-state index >= 15 is 0 Å². The van der Waals surface area contributed by atoms with Crippen molar-refractivity contribution in [2.75, 3.05) is 0 Å². The number of benzene rings is 2. The molecule has 0 heterocycles. The Morgan fingerprint density at radius 1 is 1.00 bits per heavy atom.